The van der Waals surface area contributed by atoms with Crippen molar-refractivity contribution in [3.8, 4) is 0 Å². The summed E-state index contributed by atoms with van der Waals surface area (Å²) in [4.78, 5) is 0.467. The molecular weight excluding hydrogens is 288 g/mol. The summed E-state index contributed by atoms with van der Waals surface area (Å²) in [6.45, 7) is 3.16. The average molecular weight is 311 g/mol. The zero-order valence-electron chi connectivity index (χ0n) is 11.2. The summed E-state index contributed by atoms with van der Waals surface area (Å²) in [5.41, 5.74) is 2.80. The van der Waals surface area contributed by atoms with Gasteiger partial charge in [-0.1, -0.05) is 47.1 Å². The maximum Gasteiger partial charge on any atom is 0.0575 e. The van der Waals surface area contributed by atoms with Gasteiger partial charge in [-0.3, -0.25) is 0 Å². The van der Waals surface area contributed by atoms with Crippen LogP contribution in [0.15, 0.2) is 24.3 Å². The summed E-state index contributed by atoms with van der Waals surface area (Å²) in [7, 11) is 0. The topological polar surface area (TPSA) is 9.23 Å². The third kappa shape index (κ3) is 4.10. The second kappa shape index (κ2) is 7.30. The molecule has 100 valence electrons. The lowest BCUT2D eigenvalue weighted by atomic mass is 10.0. The Morgan fingerprint density at radius 3 is 2.67 bits per heavy atom. The molecule has 0 amide bonds. The van der Waals surface area contributed by atoms with E-state index in [2.05, 4.69) is 47.1 Å². The molecule has 1 aromatic rings. The average Bonchev–Trinajstić information content (AvgIpc) is 2.46. The van der Waals surface area contributed by atoms with Gasteiger partial charge >= 0.3 is 0 Å². The van der Waals surface area contributed by atoms with Crippen molar-refractivity contribution in [2.75, 3.05) is 6.61 Å². The SMILES string of the molecule is CCc1ccc(C(Br)CCC2CCCCO2)cc1. The van der Waals surface area contributed by atoms with Crippen LogP contribution in [0.5, 0.6) is 0 Å². The molecule has 0 N–H and O–H groups in total. The molecule has 0 aliphatic carbocycles. The second-order valence-corrected chi connectivity index (χ2v) is 6.23. The van der Waals surface area contributed by atoms with Crippen molar-refractivity contribution in [1.82, 2.24) is 0 Å². The first-order chi connectivity index (χ1) is 8.79. The molecule has 1 heterocycles. The molecular formula is C16H23BrO. The fourth-order valence-corrected chi connectivity index (χ4v) is 3.07. The Morgan fingerprint density at radius 1 is 1.28 bits per heavy atom. The fourth-order valence-electron chi connectivity index (χ4n) is 2.50. The Morgan fingerprint density at radius 2 is 2.06 bits per heavy atom. The van der Waals surface area contributed by atoms with Crippen LogP contribution in [0.4, 0.5) is 0 Å². The van der Waals surface area contributed by atoms with Crippen LogP contribution in [0.2, 0.25) is 0 Å². The second-order valence-electron chi connectivity index (χ2n) is 5.13. The minimum atomic E-state index is 0.467. The molecule has 0 saturated carbocycles. The predicted octanol–water partition coefficient (Wildman–Crippen LogP) is 5.03. The number of hydrogen-bond donors (Lipinski definition) is 0. The fraction of sp³-hybridized carbons (Fsp3) is 0.625. The Hall–Kier alpha value is -0.340. The largest absolute Gasteiger partial charge is 0.378 e. The predicted molar refractivity (Wildman–Crippen MR) is 80.3 cm³/mol. The molecule has 1 aliphatic heterocycles. The van der Waals surface area contributed by atoms with E-state index in [1.54, 1.807) is 0 Å². The molecule has 2 rings (SSSR count). The van der Waals surface area contributed by atoms with Gasteiger partial charge in [0, 0.05) is 11.4 Å². The van der Waals surface area contributed by atoms with Gasteiger partial charge in [0.05, 0.1) is 6.10 Å². The van der Waals surface area contributed by atoms with Crippen LogP contribution in [0, 0.1) is 0 Å². The van der Waals surface area contributed by atoms with E-state index in [0.717, 1.165) is 19.4 Å². The molecule has 2 atom stereocenters. The molecule has 1 saturated heterocycles. The smallest absolute Gasteiger partial charge is 0.0575 e. The Bertz CT molecular complexity index is 341. The maximum atomic E-state index is 5.78. The van der Waals surface area contributed by atoms with E-state index < -0.39 is 0 Å². The van der Waals surface area contributed by atoms with Crippen molar-refractivity contribution in [1.29, 1.82) is 0 Å². The lowest BCUT2D eigenvalue weighted by Gasteiger charge is -2.23. The first-order valence-electron chi connectivity index (χ1n) is 7.14. The molecule has 1 nitrogen and oxygen atoms in total. The summed E-state index contributed by atoms with van der Waals surface area (Å²) in [6, 6.07) is 8.97. The van der Waals surface area contributed by atoms with Crippen LogP contribution >= 0.6 is 15.9 Å². The highest BCUT2D eigenvalue weighted by molar-refractivity contribution is 9.09. The normalized spacial score (nSPS) is 21.8. The molecule has 0 radical (unpaired) electrons. The molecule has 0 bridgehead atoms. The van der Waals surface area contributed by atoms with E-state index in [4.69, 9.17) is 4.74 Å². The molecule has 0 aromatic heterocycles. The maximum absolute atomic E-state index is 5.78. The number of hydrogen-bond acceptors (Lipinski definition) is 1. The van der Waals surface area contributed by atoms with E-state index in [9.17, 15) is 0 Å². The van der Waals surface area contributed by atoms with Crippen LogP contribution in [0.25, 0.3) is 0 Å². The van der Waals surface area contributed by atoms with E-state index in [-0.39, 0.29) is 0 Å². The molecule has 1 aromatic carbocycles. The molecule has 18 heavy (non-hydrogen) atoms. The van der Waals surface area contributed by atoms with E-state index in [0.29, 0.717) is 10.9 Å². The molecule has 2 heteroatoms. The monoisotopic (exact) mass is 310 g/mol. The number of alkyl halides is 1. The summed E-state index contributed by atoms with van der Waals surface area (Å²) < 4.78 is 5.78. The van der Waals surface area contributed by atoms with Crippen LogP contribution < -0.4 is 0 Å². The van der Waals surface area contributed by atoms with E-state index in [1.165, 1.54) is 36.8 Å². The van der Waals surface area contributed by atoms with Gasteiger partial charge in [0.25, 0.3) is 0 Å². The van der Waals surface area contributed by atoms with Crippen LogP contribution in [0.1, 0.15) is 55.0 Å². The number of benzene rings is 1. The Labute approximate surface area is 119 Å². The highest BCUT2D eigenvalue weighted by atomic mass is 79.9. The summed E-state index contributed by atoms with van der Waals surface area (Å²) >= 11 is 3.80. The van der Waals surface area contributed by atoms with Crippen molar-refractivity contribution in [3.63, 3.8) is 0 Å². The Kier molecular flexibility index (Phi) is 5.71. The van der Waals surface area contributed by atoms with Crippen LogP contribution in [-0.4, -0.2) is 12.7 Å². The van der Waals surface area contributed by atoms with Gasteiger partial charge in [-0.15, -0.1) is 0 Å². The van der Waals surface area contributed by atoms with Crippen LogP contribution in [0.3, 0.4) is 0 Å². The van der Waals surface area contributed by atoms with Crippen molar-refractivity contribution in [3.05, 3.63) is 35.4 Å². The van der Waals surface area contributed by atoms with Crippen molar-refractivity contribution >= 4 is 15.9 Å². The minimum Gasteiger partial charge on any atom is -0.378 e. The zero-order chi connectivity index (χ0) is 12.8. The lowest BCUT2D eigenvalue weighted by molar-refractivity contribution is 0.0102. The molecule has 2 unspecified atom stereocenters. The molecule has 1 aliphatic rings. The van der Waals surface area contributed by atoms with Gasteiger partial charge in [-0.2, -0.15) is 0 Å². The van der Waals surface area contributed by atoms with Gasteiger partial charge in [-0.05, 0) is 49.7 Å². The summed E-state index contributed by atoms with van der Waals surface area (Å²) in [5.74, 6) is 0. The first-order valence-corrected chi connectivity index (χ1v) is 8.05. The van der Waals surface area contributed by atoms with Gasteiger partial charge < -0.3 is 4.74 Å². The lowest BCUT2D eigenvalue weighted by Crippen LogP contribution is -2.19. The van der Waals surface area contributed by atoms with Crippen LogP contribution in [-0.2, 0) is 11.2 Å². The van der Waals surface area contributed by atoms with Crippen molar-refractivity contribution in [2.24, 2.45) is 0 Å². The number of rotatable bonds is 5. The standard InChI is InChI=1S/C16H23BrO/c1-2-13-6-8-14(9-7-13)16(17)11-10-15-5-3-4-12-18-15/h6-9,15-16H,2-5,10-12H2,1H3. The van der Waals surface area contributed by atoms with Gasteiger partial charge in [0.15, 0.2) is 0 Å². The highest BCUT2D eigenvalue weighted by Gasteiger charge is 2.16. The van der Waals surface area contributed by atoms with E-state index in [1.807, 2.05) is 0 Å². The summed E-state index contributed by atoms with van der Waals surface area (Å²) in [6.07, 6.45) is 7.77. The number of aryl methyl sites for hydroxylation is 1. The molecule has 1 fully saturated rings. The van der Waals surface area contributed by atoms with E-state index >= 15 is 0 Å². The van der Waals surface area contributed by atoms with Gasteiger partial charge in [0.2, 0.25) is 0 Å². The van der Waals surface area contributed by atoms with Crippen molar-refractivity contribution in [2.45, 2.75) is 56.4 Å². The third-order valence-electron chi connectivity index (χ3n) is 3.77. The Balaban J connectivity index is 1.80. The zero-order valence-corrected chi connectivity index (χ0v) is 12.8. The van der Waals surface area contributed by atoms with Gasteiger partial charge in [-0.25, -0.2) is 0 Å². The number of halogens is 1. The summed E-state index contributed by atoms with van der Waals surface area (Å²) in [5, 5.41) is 0. The van der Waals surface area contributed by atoms with Gasteiger partial charge in [0.1, 0.15) is 0 Å². The number of ether oxygens (including phenoxy) is 1. The van der Waals surface area contributed by atoms with Crippen molar-refractivity contribution < 1.29 is 4.74 Å². The molecule has 0 spiro atoms. The quantitative estimate of drug-likeness (QED) is 0.693. The minimum absolute atomic E-state index is 0.467. The highest BCUT2D eigenvalue weighted by Crippen LogP contribution is 2.30. The third-order valence-corrected chi connectivity index (χ3v) is 4.75. The first kappa shape index (κ1) is 14.1.